The molecule has 0 saturated carbocycles. The van der Waals surface area contributed by atoms with Crippen LogP contribution in [0.4, 0.5) is 0 Å². The van der Waals surface area contributed by atoms with Gasteiger partial charge in [-0.3, -0.25) is 0 Å². The van der Waals surface area contributed by atoms with Crippen molar-refractivity contribution in [3.8, 4) is 0 Å². The highest BCUT2D eigenvalue weighted by Gasteiger charge is 2.19. The zero-order valence-electron chi connectivity index (χ0n) is 10.4. The maximum Gasteiger partial charge on any atom is 0.0209 e. The van der Waals surface area contributed by atoms with Crippen LogP contribution < -0.4 is 0 Å². The first kappa shape index (κ1) is 13.1. The van der Waals surface area contributed by atoms with E-state index in [2.05, 4.69) is 42.8 Å². The summed E-state index contributed by atoms with van der Waals surface area (Å²) >= 11 is 2.44. The van der Waals surface area contributed by atoms with Crippen molar-refractivity contribution in [3.63, 3.8) is 0 Å². The van der Waals surface area contributed by atoms with Gasteiger partial charge in [0, 0.05) is 49.0 Å². The molecule has 0 spiro atoms. The topological polar surface area (TPSA) is 9.72 Å². The van der Waals surface area contributed by atoms with Crippen molar-refractivity contribution in [2.75, 3.05) is 52.9 Å². The summed E-state index contributed by atoms with van der Waals surface area (Å²) in [5.74, 6) is 0.994. The molecule has 2 aliphatic rings. The Morgan fingerprint density at radius 2 is 1.62 bits per heavy atom. The van der Waals surface area contributed by atoms with Crippen LogP contribution in [0.5, 0.6) is 0 Å². The Bertz CT molecular complexity index is 174. The lowest BCUT2D eigenvalue weighted by Crippen LogP contribution is -2.43. The molecule has 0 amide bonds. The largest absolute Gasteiger partial charge is 0.306 e. The molecule has 2 rings (SSSR count). The van der Waals surface area contributed by atoms with Gasteiger partial charge in [-0.1, -0.05) is 0 Å². The summed E-state index contributed by atoms with van der Waals surface area (Å²) in [5.41, 5.74) is 0. The highest BCUT2D eigenvalue weighted by atomic mass is 127. The molecule has 94 valence electrons. The summed E-state index contributed by atoms with van der Waals surface area (Å²) in [6.45, 7) is 8.99. The Hall–Kier alpha value is 0.610. The van der Waals surface area contributed by atoms with Crippen LogP contribution in [-0.4, -0.2) is 65.8 Å². The third-order valence-electron chi connectivity index (χ3n) is 4.01. The van der Waals surface area contributed by atoms with Gasteiger partial charge in [0.1, 0.15) is 0 Å². The number of halogens is 1. The van der Waals surface area contributed by atoms with Gasteiger partial charge in [0.25, 0.3) is 0 Å². The molecule has 2 fully saturated rings. The molecule has 2 saturated heterocycles. The Kier molecular flexibility index (Phi) is 5.32. The van der Waals surface area contributed by atoms with Crippen LogP contribution in [0, 0.1) is 5.92 Å². The van der Waals surface area contributed by atoms with Crippen molar-refractivity contribution in [2.45, 2.75) is 19.3 Å². The van der Waals surface area contributed by atoms with E-state index in [1.165, 1.54) is 65.1 Å². The summed E-state index contributed by atoms with van der Waals surface area (Å²) in [6.07, 6.45) is 4.26. The fraction of sp³-hybridized carbons (Fsp3) is 1.00. The first-order valence-corrected chi connectivity index (χ1v) is 7.52. The molecule has 0 radical (unpaired) electrons. The van der Waals surface area contributed by atoms with Crippen LogP contribution in [0.15, 0.2) is 0 Å². The van der Waals surface area contributed by atoms with E-state index in [-0.39, 0.29) is 0 Å². The van der Waals surface area contributed by atoms with E-state index in [9.17, 15) is 0 Å². The fourth-order valence-electron chi connectivity index (χ4n) is 2.66. The van der Waals surface area contributed by atoms with Gasteiger partial charge in [0.05, 0.1) is 0 Å². The zero-order chi connectivity index (χ0) is 11.4. The van der Waals surface area contributed by atoms with Gasteiger partial charge in [-0.05, 0) is 51.9 Å². The van der Waals surface area contributed by atoms with E-state index in [1.807, 2.05) is 0 Å². The van der Waals surface area contributed by atoms with Crippen LogP contribution in [-0.2, 0) is 0 Å². The average molecular weight is 337 g/mol. The molecular weight excluding hydrogens is 313 g/mol. The normalized spacial score (nSPS) is 27.4. The van der Waals surface area contributed by atoms with Crippen LogP contribution in [0.3, 0.4) is 0 Å². The maximum atomic E-state index is 2.65. The standard InChI is InChI=1S/C12H24IN3/c1-14-5-2-12(3-6-14)4-7-15-8-10-16(13)11-9-15/h12H,2-11H2,1H3. The van der Waals surface area contributed by atoms with Crippen molar-refractivity contribution in [1.29, 1.82) is 0 Å². The minimum absolute atomic E-state index is 0.994. The highest BCUT2D eigenvalue weighted by molar-refractivity contribution is 14.1. The number of rotatable bonds is 3. The Morgan fingerprint density at radius 1 is 1.00 bits per heavy atom. The highest BCUT2D eigenvalue weighted by Crippen LogP contribution is 2.20. The molecule has 4 heteroatoms. The molecule has 0 aromatic rings. The van der Waals surface area contributed by atoms with Gasteiger partial charge in [-0.2, -0.15) is 0 Å². The van der Waals surface area contributed by atoms with E-state index < -0.39 is 0 Å². The van der Waals surface area contributed by atoms with Crippen molar-refractivity contribution in [2.24, 2.45) is 5.92 Å². The summed E-state index contributed by atoms with van der Waals surface area (Å²) in [5, 5.41) is 0. The van der Waals surface area contributed by atoms with Crippen LogP contribution in [0.25, 0.3) is 0 Å². The maximum absolute atomic E-state index is 2.65. The number of nitrogens with zero attached hydrogens (tertiary/aromatic N) is 3. The van der Waals surface area contributed by atoms with E-state index >= 15 is 0 Å². The molecule has 0 N–H and O–H groups in total. The van der Waals surface area contributed by atoms with Gasteiger partial charge < -0.3 is 9.80 Å². The number of piperidine rings is 1. The van der Waals surface area contributed by atoms with Gasteiger partial charge >= 0.3 is 0 Å². The summed E-state index contributed by atoms with van der Waals surface area (Å²) in [6, 6.07) is 0. The molecule has 16 heavy (non-hydrogen) atoms. The lowest BCUT2D eigenvalue weighted by molar-refractivity contribution is 0.165. The molecule has 0 atom stereocenters. The SMILES string of the molecule is CN1CCC(CCN2CCN(I)CC2)CC1. The Labute approximate surface area is 114 Å². The van der Waals surface area contributed by atoms with Crippen LogP contribution >= 0.6 is 22.9 Å². The quantitative estimate of drug-likeness (QED) is 0.573. The van der Waals surface area contributed by atoms with Gasteiger partial charge in [-0.25, -0.2) is 3.11 Å². The molecule has 2 heterocycles. The molecule has 0 aliphatic carbocycles. The van der Waals surface area contributed by atoms with Crippen molar-refractivity contribution in [3.05, 3.63) is 0 Å². The predicted molar refractivity (Wildman–Crippen MR) is 76.9 cm³/mol. The molecule has 0 aromatic heterocycles. The number of hydrogen-bond acceptors (Lipinski definition) is 3. The van der Waals surface area contributed by atoms with Crippen molar-refractivity contribution in [1.82, 2.24) is 12.9 Å². The Morgan fingerprint density at radius 3 is 2.25 bits per heavy atom. The first-order valence-electron chi connectivity index (χ1n) is 6.55. The molecule has 0 aromatic carbocycles. The molecule has 2 aliphatic heterocycles. The minimum Gasteiger partial charge on any atom is -0.306 e. The average Bonchev–Trinajstić information content (AvgIpc) is 2.30. The predicted octanol–water partition coefficient (Wildman–Crippen LogP) is 1.69. The van der Waals surface area contributed by atoms with E-state index in [1.54, 1.807) is 0 Å². The summed E-state index contributed by atoms with van der Waals surface area (Å²) < 4.78 is 2.41. The monoisotopic (exact) mass is 337 g/mol. The number of likely N-dealkylation sites (tertiary alicyclic amines) is 1. The third kappa shape index (κ3) is 4.13. The minimum atomic E-state index is 0.994. The van der Waals surface area contributed by atoms with E-state index in [4.69, 9.17) is 0 Å². The molecule has 3 nitrogen and oxygen atoms in total. The smallest absolute Gasteiger partial charge is 0.0209 e. The van der Waals surface area contributed by atoms with Crippen molar-refractivity contribution >= 4 is 22.9 Å². The Balaban J connectivity index is 1.60. The lowest BCUT2D eigenvalue weighted by Gasteiger charge is -2.34. The second kappa shape index (κ2) is 6.52. The molecular formula is C12H24IN3. The second-order valence-electron chi connectivity index (χ2n) is 5.29. The lowest BCUT2D eigenvalue weighted by atomic mass is 9.93. The summed E-state index contributed by atoms with van der Waals surface area (Å²) in [7, 11) is 2.25. The van der Waals surface area contributed by atoms with Crippen LogP contribution in [0.2, 0.25) is 0 Å². The zero-order valence-corrected chi connectivity index (χ0v) is 12.5. The van der Waals surface area contributed by atoms with Gasteiger partial charge in [-0.15, -0.1) is 0 Å². The third-order valence-corrected chi connectivity index (χ3v) is 4.97. The van der Waals surface area contributed by atoms with Crippen molar-refractivity contribution < 1.29 is 0 Å². The first-order chi connectivity index (χ1) is 7.74. The fourth-order valence-corrected chi connectivity index (χ4v) is 3.09. The second-order valence-corrected chi connectivity index (χ2v) is 6.65. The van der Waals surface area contributed by atoms with Crippen LogP contribution in [0.1, 0.15) is 19.3 Å². The van der Waals surface area contributed by atoms with Gasteiger partial charge in [0.15, 0.2) is 0 Å². The van der Waals surface area contributed by atoms with Gasteiger partial charge in [0.2, 0.25) is 0 Å². The number of hydrogen-bond donors (Lipinski definition) is 0. The molecule has 0 unspecified atom stereocenters. The number of piperazine rings is 1. The summed E-state index contributed by atoms with van der Waals surface area (Å²) in [4.78, 5) is 5.11. The van der Waals surface area contributed by atoms with E-state index in [0.29, 0.717) is 0 Å². The molecule has 0 bridgehead atoms. The van der Waals surface area contributed by atoms with E-state index in [0.717, 1.165) is 5.92 Å².